The van der Waals surface area contributed by atoms with E-state index >= 15 is 0 Å². The molecule has 0 saturated heterocycles. The molecule has 1 aromatic heterocycles. The molecule has 1 aliphatic heterocycles. The average Bonchev–Trinajstić information content (AvgIpc) is 2.84. The van der Waals surface area contributed by atoms with Crippen LogP contribution in [-0.2, 0) is 6.42 Å². The molecule has 0 bridgehead atoms. The van der Waals surface area contributed by atoms with Crippen LogP contribution in [0.5, 0.6) is 0 Å². The van der Waals surface area contributed by atoms with Gasteiger partial charge in [0.25, 0.3) is 5.91 Å². The van der Waals surface area contributed by atoms with E-state index in [2.05, 4.69) is 41.1 Å². The molecule has 1 amide bonds. The van der Waals surface area contributed by atoms with E-state index in [4.69, 9.17) is 4.42 Å². The summed E-state index contributed by atoms with van der Waals surface area (Å²) in [7, 11) is 0. The average molecular weight is 320 g/mol. The van der Waals surface area contributed by atoms with Crippen LogP contribution in [0.3, 0.4) is 0 Å². The van der Waals surface area contributed by atoms with Crippen molar-refractivity contribution < 1.29 is 9.21 Å². The van der Waals surface area contributed by atoms with Crippen LogP contribution in [0.15, 0.2) is 39.6 Å². The fraction of sp³-hybridized carbons (Fsp3) is 0.267. The molecule has 0 N–H and O–H groups in total. The predicted octanol–water partition coefficient (Wildman–Crippen LogP) is 3.94. The van der Waals surface area contributed by atoms with Crippen LogP contribution >= 0.6 is 15.9 Å². The highest BCUT2D eigenvalue weighted by Crippen LogP contribution is 2.32. The number of carbonyl (C=O) groups is 1. The molecule has 1 aliphatic rings. The van der Waals surface area contributed by atoms with Gasteiger partial charge in [-0.1, -0.05) is 18.2 Å². The molecule has 2 heterocycles. The molecule has 98 valence electrons. The van der Waals surface area contributed by atoms with E-state index in [1.807, 2.05) is 4.90 Å². The monoisotopic (exact) mass is 319 g/mol. The molecule has 3 nitrogen and oxygen atoms in total. The molecule has 2 aromatic rings. The first-order chi connectivity index (χ1) is 9.18. The second-order valence-electron chi connectivity index (χ2n) is 4.75. The Hall–Kier alpha value is -1.55. The third kappa shape index (κ3) is 2.10. The van der Waals surface area contributed by atoms with E-state index in [1.165, 1.54) is 11.8 Å². The Morgan fingerprint density at radius 2 is 2.21 bits per heavy atom. The SMILES string of the molecule is Cc1cccc2c1N(C(=O)c1ccoc1Br)CCC2. The number of rotatable bonds is 1. The second-order valence-corrected chi connectivity index (χ2v) is 5.47. The molecular weight excluding hydrogens is 306 g/mol. The number of benzene rings is 1. The van der Waals surface area contributed by atoms with Crippen molar-refractivity contribution >= 4 is 27.5 Å². The number of hydrogen-bond acceptors (Lipinski definition) is 2. The van der Waals surface area contributed by atoms with Crippen molar-refractivity contribution in [1.82, 2.24) is 0 Å². The molecule has 0 radical (unpaired) electrons. The summed E-state index contributed by atoms with van der Waals surface area (Å²) < 4.78 is 5.66. The summed E-state index contributed by atoms with van der Waals surface area (Å²) in [5.74, 6) is -0.00382. The zero-order valence-electron chi connectivity index (χ0n) is 10.6. The number of amides is 1. The van der Waals surface area contributed by atoms with E-state index in [1.54, 1.807) is 6.07 Å². The fourth-order valence-corrected chi connectivity index (χ4v) is 3.05. The van der Waals surface area contributed by atoms with Crippen molar-refractivity contribution in [3.05, 3.63) is 51.9 Å². The molecule has 0 aliphatic carbocycles. The summed E-state index contributed by atoms with van der Waals surface area (Å²) in [6.07, 6.45) is 3.56. The summed E-state index contributed by atoms with van der Waals surface area (Å²) >= 11 is 3.28. The highest BCUT2D eigenvalue weighted by atomic mass is 79.9. The number of nitrogens with zero attached hydrogens (tertiary/aromatic N) is 1. The van der Waals surface area contributed by atoms with Gasteiger partial charge >= 0.3 is 0 Å². The zero-order chi connectivity index (χ0) is 13.4. The minimum Gasteiger partial charge on any atom is -0.457 e. The van der Waals surface area contributed by atoms with E-state index in [0.717, 1.165) is 30.6 Å². The summed E-state index contributed by atoms with van der Waals surface area (Å²) in [4.78, 5) is 14.5. The minimum absolute atomic E-state index is 0.00382. The van der Waals surface area contributed by atoms with Crippen LogP contribution in [0.2, 0.25) is 0 Å². The lowest BCUT2D eigenvalue weighted by atomic mass is 9.98. The largest absolute Gasteiger partial charge is 0.457 e. The van der Waals surface area contributed by atoms with Crippen molar-refractivity contribution in [1.29, 1.82) is 0 Å². The highest BCUT2D eigenvalue weighted by Gasteiger charge is 2.26. The molecule has 0 saturated carbocycles. The Bertz CT molecular complexity index is 633. The number of anilines is 1. The van der Waals surface area contributed by atoms with Crippen LogP contribution in [0, 0.1) is 6.92 Å². The molecule has 4 heteroatoms. The molecule has 0 spiro atoms. The maximum absolute atomic E-state index is 12.6. The first-order valence-electron chi connectivity index (χ1n) is 6.32. The van der Waals surface area contributed by atoms with Gasteiger partial charge in [0, 0.05) is 6.54 Å². The van der Waals surface area contributed by atoms with Crippen LogP contribution in [0.1, 0.15) is 27.9 Å². The number of para-hydroxylation sites is 1. The third-order valence-electron chi connectivity index (χ3n) is 3.51. The van der Waals surface area contributed by atoms with Gasteiger partial charge < -0.3 is 9.32 Å². The number of halogens is 1. The number of fused-ring (bicyclic) bond motifs is 1. The summed E-state index contributed by atoms with van der Waals surface area (Å²) in [6.45, 7) is 2.81. The molecule has 0 fully saturated rings. The third-order valence-corrected chi connectivity index (χ3v) is 4.13. The minimum atomic E-state index is -0.00382. The maximum atomic E-state index is 12.6. The van der Waals surface area contributed by atoms with Gasteiger partial charge in [0.2, 0.25) is 0 Å². The molecule has 1 aromatic carbocycles. The Kier molecular flexibility index (Phi) is 3.19. The number of hydrogen-bond donors (Lipinski definition) is 0. The van der Waals surface area contributed by atoms with Gasteiger partial charge in [-0.15, -0.1) is 0 Å². The quantitative estimate of drug-likeness (QED) is 0.797. The van der Waals surface area contributed by atoms with Crippen molar-refractivity contribution in [2.75, 3.05) is 11.4 Å². The zero-order valence-corrected chi connectivity index (χ0v) is 12.2. The normalized spacial score (nSPS) is 14.3. The number of aryl methyl sites for hydroxylation is 2. The van der Waals surface area contributed by atoms with Gasteiger partial charge in [0.05, 0.1) is 17.5 Å². The maximum Gasteiger partial charge on any atom is 0.262 e. The number of carbonyl (C=O) groups excluding carboxylic acids is 1. The van der Waals surface area contributed by atoms with Crippen LogP contribution in [0.25, 0.3) is 0 Å². The van der Waals surface area contributed by atoms with Crippen molar-refractivity contribution in [2.45, 2.75) is 19.8 Å². The van der Waals surface area contributed by atoms with E-state index in [0.29, 0.717) is 10.2 Å². The Morgan fingerprint density at radius 1 is 1.37 bits per heavy atom. The van der Waals surface area contributed by atoms with Crippen LogP contribution in [-0.4, -0.2) is 12.5 Å². The Balaban J connectivity index is 2.05. The van der Waals surface area contributed by atoms with Crippen molar-refractivity contribution in [2.24, 2.45) is 0 Å². The van der Waals surface area contributed by atoms with E-state index in [-0.39, 0.29) is 5.91 Å². The summed E-state index contributed by atoms with van der Waals surface area (Å²) in [5.41, 5.74) is 4.03. The van der Waals surface area contributed by atoms with E-state index in [9.17, 15) is 4.79 Å². The fourth-order valence-electron chi connectivity index (χ4n) is 2.64. The molecule has 0 atom stereocenters. The molecule has 3 rings (SSSR count). The van der Waals surface area contributed by atoms with Gasteiger partial charge in [-0.25, -0.2) is 0 Å². The first kappa shape index (κ1) is 12.5. The highest BCUT2D eigenvalue weighted by molar-refractivity contribution is 9.10. The predicted molar refractivity (Wildman–Crippen MR) is 77.6 cm³/mol. The lowest BCUT2D eigenvalue weighted by Gasteiger charge is -2.30. The lowest BCUT2D eigenvalue weighted by Crippen LogP contribution is -2.36. The number of furan rings is 1. The first-order valence-corrected chi connectivity index (χ1v) is 7.11. The summed E-state index contributed by atoms with van der Waals surface area (Å²) in [5, 5.41) is 0. The Labute approximate surface area is 120 Å². The van der Waals surface area contributed by atoms with Crippen LogP contribution < -0.4 is 4.90 Å². The molecular formula is C15H14BrNO2. The molecule has 0 unspecified atom stereocenters. The van der Waals surface area contributed by atoms with Crippen LogP contribution in [0.4, 0.5) is 5.69 Å². The van der Waals surface area contributed by atoms with Gasteiger partial charge in [-0.3, -0.25) is 4.79 Å². The summed E-state index contributed by atoms with van der Waals surface area (Å²) in [6, 6.07) is 7.91. The van der Waals surface area contributed by atoms with E-state index < -0.39 is 0 Å². The van der Waals surface area contributed by atoms with Crippen molar-refractivity contribution in [3.8, 4) is 0 Å². The second kappa shape index (κ2) is 4.85. The molecule has 19 heavy (non-hydrogen) atoms. The topological polar surface area (TPSA) is 33.5 Å². The van der Waals surface area contributed by atoms with Gasteiger partial charge in [0.15, 0.2) is 4.67 Å². The Morgan fingerprint density at radius 3 is 2.95 bits per heavy atom. The smallest absolute Gasteiger partial charge is 0.262 e. The van der Waals surface area contributed by atoms with Gasteiger partial charge in [-0.2, -0.15) is 0 Å². The van der Waals surface area contributed by atoms with Gasteiger partial charge in [0.1, 0.15) is 0 Å². The lowest BCUT2D eigenvalue weighted by molar-refractivity contribution is 0.0983. The van der Waals surface area contributed by atoms with Gasteiger partial charge in [-0.05, 0) is 52.9 Å². The standard InChI is InChI=1S/C15H14BrNO2/c1-10-4-2-5-11-6-3-8-17(13(10)11)15(18)12-7-9-19-14(12)16/h2,4-5,7,9H,3,6,8H2,1H3. The van der Waals surface area contributed by atoms with Crippen molar-refractivity contribution in [3.63, 3.8) is 0 Å².